The molecular weight excluding hydrogens is 270 g/mol. The maximum atomic E-state index is 11.6. The summed E-state index contributed by atoms with van der Waals surface area (Å²) in [6, 6.07) is 7.88. The SMILES string of the molecule is COC(=O)[C@H]1CCCN1c1cccc(Br)c1. The van der Waals surface area contributed by atoms with Gasteiger partial charge < -0.3 is 9.64 Å². The molecule has 1 aliphatic rings. The van der Waals surface area contributed by atoms with E-state index in [0.717, 1.165) is 29.5 Å². The molecule has 0 saturated carbocycles. The van der Waals surface area contributed by atoms with Gasteiger partial charge >= 0.3 is 5.97 Å². The molecule has 3 nitrogen and oxygen atoms in total. The van der Waals surface area contributed by atoms with Crippen molar-refractivity contribution in [3.63, 3.8) is 0 Å². The fourth-order valence-electron chi connectivity index (χ4n) is 2.11. The van der Waals surface area contributed by atoms with Crippen LogP contribution in [0.5, 0.6) is 0 Å². The van der Waals surface area contributed by atoms with Crippen molar-refractivity contribution >= 4 is 27.6 Å². The molecule has 0 N–H and O–H groups in total. The summed E-state index contributed by atoms with van der Waals surface area (Å²) in [5, 5.41) is 0. The Labute approximate surface area is 104 Å². The zero-order valence-corrected chi connectivity index (χ0v) is 10.7. The van der Waals surface area contributed by atoms with E-state index in [9.17, 15) is 4.79 Å². The van der Waals surface area contributed by atoms with E-state index in [1.165, 1.54) is 7.11 Å². The third-order valence-corrected chi connectivity index (χ3v) is 3.36. The molecule has 0 amide bonds. The largest absolute Gasteiger partial charge is 0.467 e. The summed E-state index contributed by atoms with van der Waals surface area (Å²) in [6.45, 7) is 0.913. The molecule has 1 aromatic rings. The molecule has 1 fully saturated rings. The second-order valence-electron chi connectivity index (χ2n) is 3.85. The van der Waals surface area contributed by atoms with E-state index < -0.39 is 0 Å². The Morgan fingerprint density at radius 1 is 1.56 bits per heavy atom. The van der Waals surface area contributed by atoms with Crippen molar-refractivity contribution in [1.29, 1.82) is 0 Å². The second kappa shape index (κ2) is 4.87. The van der Waals surface area contributed by atoms with Gasteiger partial charge in [0.05, 0.1) is 7.11 Å². The number of halogens is 1. The van der Waals surface area contributed by atoms with Gasteiger partial charge in [0.15, 0.2) is 0 Å². The molecule has 0 spiro atoms. The van der Waals surface area contributed by atoms with E-state index in [1.807, 2.05) is 24.3 Å². The summed E-state index contributed by atoms with van der Waals surface area (Å²) >= 11 is 3.44. The first-order valence-corrected chi connectivity index (χ1v) is 6.11. The van der Waals surface area contributed by atoms with Gasteiger partial charge in [-0.3, -0.25) is 0 Å². The van der Waals surface area contributed by atoms with Gasteiger partial charge in [-0.1, -0.05) is 22.0 Å². The topological polar surface area (TPSA) is 29.5 Å². The lowest BCUT2D eigenvalue weighted by Crippen LogP contribution is -2.36. The number of benzene rings is 1. The highest BCUT2D eigenvalue weighted by Gasteiger charge is 2.31. The number of nitrogens with zero attached hydrogens (tertiary/aromatic N) is 1. The Morgan fingerprint density at radius 3 is 3.06 bits per heavy atom. The molecule has 2 rings (SSSR count). The highest BCUT2D eigenvalue weighted by Crippen LogP contribution is 2.28. The summed E-state index contributed by atoms with van der Waals surface area (Å²) < 4.78 is 5.85. The molecule has 0 bridgehead atoms. The molecule has 1 atom stereocenters. The quantitative estimate of drug-likeness (QED) is 0.782. The van der Waals surface area contributed by atoms with Crippen LogP contribution in [0.25, 0.3) is 0 Å². The van der Waals surface area contributed by atoms with Gasteiger partial charge in [-0.05, 0) is 31.0 Å². The van der Waals surface area contributed by atoms with E-state index in [2.05, 4.69) is 20.8 Å². The van der Waals surface area contributed by atoms with Gasteiger partial charge in [0.2, 0.25) is 0 Å². The summed E-state index contributed by atoms with van der Waals surface area (Å²) in [4.78, 5) is 13.7. The number of anilines is 1. The van der Waals surface area contributed by atoms with Crippen molar-refractivity contribution in [3.8, 4) is 0 Å². The van der Waals surface area contributed by atoms with Gasteiger partial charge in [-0.25, -0.2) is 4.79 Å². The van der Waals surface area contributed by atoms with Crippen LogP contribution >= 0.6 is 15.9 Å². The molecule has 4 heteroatoms. The molecule has 0 unspecified atom stereocenters. The van der Waals surface area contributed by atoms with Gasteiger partial charge in [0.25, 0.3) is 0 Å². The van der Waals surface area contributed by atoms with Gasteiger partial charge in [-0.15, -0.1) is 0 Å². The maximum absolute atomic E-state index is 11.6. The lowest BCUT2D eigenvalue weighted by Gasteiger charge is -2.24. The van der Waals surface area contributed by atoms with Crippen molar-refractivity contribution < 1.29 is 9.53 Å². The number of ether oxygens (including phenoxy) is 1. The Morgan fingerprint density at radius 2 is 2.38 bits per heavy atom. The number of carbonyl (C=O) groups excluding carboxylic acids is 1. The summed E-state index contributed by atoms with van der Waals surface area (Å²) in [5.41, 5.74) is 1.07. The van der Waals surface area contributed by atoms with E-state index in [4.69, 9.17) is 4.74 Å². The monoisotopic (exact) mass is 283 g/mol. The minimum Gasteiger partial charge on any atom is -0.467 e. The van der Waals surface area contributed by atoms with Crippen LogP contribution in [-0.4, -0.2) is 25.7 Å². The molecule has 86 valence electrons. The Bertz CT molecular complexity index is 394. The fraction of sp³-hybridized carbons (Fsp3) is 0.417. The third kappa shape index (κ3) is 2.21. The lowest BCUT2D eigenvalue weighted by molar-refractivity contribution is -0.141. The molecule has 0 radical (unpaired) electrons. The number of rotatable bonds is 2. The number of methoxy groups -OCH3 is 1. The summed E-state index contributed by atoms with van der Waals surface area (Å²) in [6.07, 6.45) is 1.91. The van der Waals surface area contributed by atoms with Gasteiger partial charge in [-0.2, -0.15) is 0 Å². The Kier molecular flexibility index (Phi) is 3.49. The molecule has 1 heterocycles. The van der Waals surface area contributed by atoms with Crippen molar-refractivity contribution in [2.24, 2.45) is 0 Å². The first-order valence-electron chi connectivity index (χ1n) is 5.32. The average Bonchev–Trinajstić information content (AvgIpc) is 2.77. The standard InChI is InChI=1S/C12H14BrNO2/c1-16-12(15)11-6-3-7-14(11)10-5-2-4-9(13)8-10/h2,4-5,8,11H,3,6-7H2,1H3/t11-/m1/s1. The highest BCUT2D eigenvalue weighted by molar-refractivity contribution is 9.10. The Hall–Kier alpha value is -1.03. The van der Waals surface area contributed by atoms with Gasteiger partial charge in [0, 0.05) is 16.7 Å². The average molecular weight is 284 g/mol. The lowest BCUT2D eigenvalue weighted by atomic mass is 10.2. The van der Waals surface area contributed by atoms with Crippen LogP contribution in [-0.2, 0) is 9.53 Å². The minimum absolute atomic E-state index is 0.126. The number of carbonyl (C=O) groups is 1. The van der Waals surface area contributed by atoms with E-state index in [-0.39, 0.29) is 12.0 Å². The van der Waals surface area contributed by atoms with Crippen molar-refractivity contribution in [1.82, 2.24) is 0 Å². The van der Waals surface area contributed by atoms with Crippen LogP contribution in [0.1, 0.15) is 12.8 Å². The van der Waals surface area contributed by atoms with Crippen LogP contribution in [0.3, 0.4) is 0 Å². The zero-order chi connectivity index (χ0) is 11.5. The fourth-order valence-corrected chi connectivity index (χ4v) is 2.50. The smallest absolute Gasteiger partial charge is 0.328 e. The first kappa shape index (κ1) is 11.5. The van der Waals surface area contributed by atoms with Gasteiger partial charge in [0.1, 0.15) is 6.04 Å². The van der Waals surface area contributed by atoms with Crippen LogP contribution in [0.4, 0.5) is 5.69 Å². The molecular formula is C12H14BrNO2. The number of hydrogen-bond acceptors (Lipinski definition) is 3. The molecule has 1 aromatic carbocycles. The molecule has 1 aliphatic heterocycles. The van der Waals surface area contributed by atoms with Crippen molar-refractivity contribution in [3.05, 3.63) is 28.7 Å². The highest BCUT2D eigenvalue weighted by atomic mass is 79.9. The van der Waals surface area contributed by atoms with E-state index in [1.54, 1.807) is 0 Å². The predicted molar refractivity (Wildman–Crippen MR) is 66.5 cm³/mol. The van der Waals surface area contributed by atoms with E-state index in [0.29, 0.717) is 0 Å². The summed E-state index contributed by atoms with van der Waals surface area (Å²) in [5.74, 6) is -0.141. The minimum atomic E-state index is -0.141. The van der Waals surface area contributed by atoms with Crippen LogP contribution in [0.15, 0.2) is 28.7 Å². The van der Waals surface area contributed by atoms with Crippen molar-refractivity contribution in [2.45, 2.75) is 18.9 Å². The number of hydrogen-bond donors (Lipinski definition) is 0. The normalized spacial score (nSPS) is 19.9. The van der Waals surface area contributed by atoms with Crippen LogP contribution < -0.4 is 4.90 Å². The van der Waals surface area contributed by atoms with E-state index >= 15 is 0 Å². The first-order chi connectivity index (χ1) is 7.72. The van der Waals surface area contributed by atoms with Crippen LogP contribution in [0, 0.1) is 0 Å². The second-order valence-corrected chi connectivity index (χ2v) is 4.77. The predicted octanol–water partition coefficient (Wildman–Crippen LogP) is 2.59. The third-order valence-electron chi connectivity index (χ3n) is 2.87. The molecule has 16 heavy (non-hydrogen) atoms. The number of esters is 1. The maximum Gasteiger partial charge on any atom is 0.328 e. The van der Waals surface area contributed by atoms with Crippen molar-refractivity contribution in [2.75, 3.05) is 18.6 Å². The van der Waals surface area contributed by atoms with Crippen LogP contribution in [0.2, 0.25) is 0 Å². The molecule has 0 aromatic heterocycles. The molecule has 1 saturated heterocycles. The zero-order valence-electron chi connectivity index (χ0n) is 9.15. The molecule has 0 aliphatic carbocycles. The Balaban J connectivity index is 2.23. The summed E-state index contributed by atoms with van der Waals surface area (Å²) in [7, 11) is 1.44.